The van der Waals surface area contributed by atoms with Gasteiger partial charge in [0.05, 0.1) is 4.90 Å². The standard InChI is InChI=1S/C12H17NO5S2/c1-8(9-2-4-18-5-3-9)13-20(16,17)10-6-11(12(14)15)19-7-10/h6-9,13H,2-5H2,1H3,(H,14,15). The summed E-state index contributed by atoms with van der Waals surface area (Å²) in [6.45, 7) is 3.13. The van der Waals surface area contributed by atoms with Crippen LogP contribution in [-0.4, -0.2) is 38.7 Å². The van der Waals surface area contributed by atoms with Crippen LogP contribution < -0.4 is 4.72 Å². The SMILES string of the molecule is CC(NS(=O)(=O)c1csc(C(=O)O)c1)C1CCOCC1. The summed E-state index contributed by atoms with van der Waals surface area (Å²) >= 11 is 0.908. The topological polar surface area (TPSA) is 92.7 Å². The number of aromatic carboxylic acids is 1. The summed E-state index contributed by atoms with van der Waals surface area (Å²) in [5.74, 6) is -0.870. The highest BCUT2D eigenvalue weighted by Crippen LogP contribution is 2.23. The van der Waals surface area contributed by atoms with Gasteiger partial charge < -0.3 is 9.84 Å². The highest BCUT2D eigenvalue weighted by molar-refractivity contribution is 7.89. The average Bonchev–Trinajstić information content (AvgIpc) is 2.90. The first-order valence-electron chi connectivity index (χ1n) is 6.32. The van der Waals surface area contributed by atoms with E-state index in [1.807, 2.05) is 6.92 Å². The van der Waals surface area contributed by atoms with Gasteiger partial charge in [0.15, 0.2) is 0 Å². The van der Waals surface area contributed by atoms with Gasteiger partial charge in [-0.05, 0) is 31.7 Å². The van der Waals surface area contributed by atoms with Crippen LogP contribution in [0.15, 0.2) is 16.3 Å². The molecule has 1 fully saturated rings. The van der Waals surface area contributed by atoms with Crippen LogP contribution in [0.2, 0.25) is 0 Å². The Bertz CT molecular complexity index is 574. The predicted molar refractivity (Wildman–Crippen MR) is 74.6 cm³/mol. The molecule has 0 bridgehead atoms. The van der Waals surface area contributed by atoms with Crippen molar-refractivity contribution in [1.82, 2.24) is 4.72 Å². The summed E-state index contributed by atoms with van der Waals surface area (Å²) < 4.78 is 32.3. The van der Waals surface area contributed by atoms with Crippen molar-refractivity contribution in [2.45, 2.75) is 30.7 Å². The number of nitrogens with one attached hydrogen (secondary N) is 1. The lowest BCUT2D eigenvalue weighted by Crippen LogP contribution is -2.40. The van der Waals surface area contributed by atoms with E-state index in [9.17, 15) is 13.2 Å². The molecule has 1 atom stereocenters. The number of rotatable bonds is 5. The van der Waals surface area contributed by atoms with Gasteiger partial charge in [-0.2, -0.15) is 0 Å². The molecule has 1 aliphatic rings. The van der Waals surface area contributed by atoms with Gasteiger partial charge in [0.1, 0.15) is 4.88 Å². The number of carboxylic acids is 1. The zero-order chi connectivity index (χ0) is 14.8. The minimum atomic E-state index is -3.67. The first kappa shape index (κ1) is 15.4. The zero-order valence-corrected chi connectivity index (χ0v) is 12.7. The van der Waals surface area contributed by atoms with Gasteiger partial charge in [0.2, 0.25) is 10.0 Å². The predicted octanol–water partition coefficient (Wildman–Crippen LogP) is 1.54. The molecule has 6 nitrogen and oxygen atoms in total. The van der Waals surface area contributed by atoms with E-state index in [-0.39, 0.29) is 21.7 Å². The number of hydrogen-bond donors (Lipinski definition) is 2. The van der Waals surface area contributed by atoms with Gasteiger partial charge in [-0.1, -0.05) is 0 Å². The summed E-state index contributed by atoms with van der Waals surface area (Å²) in [5, 5.41) is 10.2. The molecule has 112 valence electrons. The van der Waals surface area contributed by atoms with Gasteiger partial charge in [0, 0.05) is 24.6 Å². The molecule has 8 heteroatoms. The second-order valence-corrected chi connectivity index (χ2v) is 7.44. The van der Waals surface area contributed by atoms with E-state index in [0.717, 1.165) is 24.2 Å². The minimum Gasteiger partial charge on any atom is -0.477 e. The van der Waals surface area contributed by atoms with Crippen molar-refractivity contribution in [3.8, 4) is 0 Å². The van der Waals surface area contributed by atoms with Crippen molar-refractivity contribution < 1.29 is 23.1 Å². The molecular weight excluding hydrogens is 302 g/mol. The molecule has 0 radical (unpaired) electrons. The number of sulfonamides is 1. The first-order chi connectivity index (χ1) is 9.40. The Morgan fingerprint density at radius 2 is 2.15 bits per heavy atom. The van der Waals surface area contributed by atoms with E-state index in [1.165, 1.54) is 11.4 Å². The van der Waals surface area contributed by atoms with E-state index in [4.69, 9.17) is 9.84 Å². The third kappa shape index (κ3) is 3.57. The number of carbonyl (C=O) groups is 1. The quantitative estimate of drug-likeness (QED) is 0.859. The zero-order valence-electron chi connectivity index (χ0n) is 11.0. The van der Waals surface area contributed by atoms with Crippen molar-refractivity contribution in [1.29, 1.82) is 0 Å². The largest absolute Gasteiger partial charge is 0.477 e. The monoisotopic (exact) mass is 319 g/mol. The van der Waals surface area contributed by atoms with Crippen LogP contribution >= 0.6 is 11.3 Å². The van der Waals surface area contributed by atoms with Gasteiger partial charge in [-0.3, -0.25) is 0 Å². The smallest absolute Gasteiger partial charge is 0.345 e. The molecule has 2 N–H and O–H groups in total. The number of carboxylic acid groups (broad SMARTS) is 1. The molecule has 0 amide bonds. The Morgan fingerprint density at radius 3 is 2.70 bits per heavy atom. The number of ether oxygens (including phenoxy) is 1. The maximum Gasteiger partial charge on any atom is 0.345 e. The van der Waals surface area contributed by atoms with E-state index in [0.29, 0.717) is 13.2 Å². The van der Waals surface area contributed by atoms with E-state index in [1.54, 1.807) is 0 Å². The van der Waals surface area contributed by atoms with Crippen molar-refractivity contribution >= 4 is 27.3 Å². The molecule has 1 aromatic rings. The maximum absolute atomic E-state index is 12.2. The fraction of sp³-hybridized carbons (Fsp3) is 0.583. The van der Waals surface area contributed by atoms with E-state index < -0.39 is 16.0 Å². The third-order valence-electron chi connectivity index (χ3n) is 3.41. The Hall–Kier alpha value is -0.960. The highest BCUT2D eigenvalue weighted by atomic mass is 32.2. The summed E-state index contributed by atoms with van der Waals surface area (Å²) in [6.07, 6.45) is 1.65. The minimum absolute atomic E-state index is 0.0128. The maximum atomic E-state index is 12.2. The van der Waals surface area contributed by atoms with Gasteiger partial charge >= 0.3 is 5.97 Å². The van der Waals surface area contributed by atoms with Gasteiger partial charge in [-0.25, -0.2) is 17.9 Å². The second kappa shape index (κ2) is 6.21. The second-order valence-electron chi connectivity index (χ2n) is 4.81. The van der Waals surface area contributed by atoms with E-state index in [2.05, 4.69) is 4.72 Å². The molecular formula is C12H17NO5S2. The lowest BCUT2D eigenvalue weighted by molar-refractivity contribution is 0.0585. The average molecular weight is 319 g/mol. The Morgan fingerprint density at radius 1 is 1.50 bits per heavy atom. The van der Waals surface area contributed by atoms with Crippen LogP contribution in [0.3, 0.4) is 0 Å². The van der Waals surface area contributed by atoms with Crippen LogP contribution in [0.25, 0.3) is 0 Å². The van der Waals surface area contributed by atoms with Crippen molar-refractivity contribution in [2.24, 2.45) is 5.92 Å². The van der Waals surface area contributed by atoms with Crippen LogP contribution in [0.4, 0.5) is 0 Å². The third-order valence-corrected chi connectivity index (χ3v) is 6.02. The first-order valence-corrected chi connectivity index (χ1v) is 8.68. The van der Waals surface area contributed by atoms with Gasteiger partial charge in [0.25, 0.3) is 0 Å². The molecule has 0 aliphatic carbocycles. The Labute approximate surface area is 121 Å². The van der Waals surface area contributed by atoms with Crippen LogP contribution in [0.1, 0.15) is 29.4 Å². The van der Waals surface area contributed by atoms with Crippen LogP contribution in [0.5, 0.6) is 0 Å². The number of thiophene rings is 1. The Kier molecular flexibility index (Phi) is 4.79. The molecule has 1 unspecified atom stereocenters. The molecule has 1 aliphatic heterocycles. The summed E-state index contributed by atoms with van der Waals surface area (Å²) in [7, 11) is -3.67. The molecule has 20 heavy (non-hydrogen) atoms. The lowest BCUT2D eigenvalue weighted by atomic mass is 9.94. The fourth-order valence-corrected chi connectivity index (χ4v) is 4.62. The fourth-order valence-electron chi connectivity index (χ4n) is 2.20. The number of hydrogen-bond acceptors (Lipinski definition) is 5. The van der Waals surface area contributed by atoms with Crippen LogP contribution in [-0.2, 0) is 14.8 Å². The molecule has 2 heterocycles. The van der Waals surface area contributed by atoms with E-state index >= 15 is 0 Å². The Balaban J connectivity index is 2.07. The molecule has 0 saturated carbocycles. The van der Waals surface area contributed by atoms with Gasteiger partial charge in [-0.15, -0.1) is 11.3 Å². The highest BCUT2D eigenvalue weighted by Gasteiger charge is 2.26. The molecule has 1 aromatic heterocycles. The molecule has 0 spiro atoms. The molecule has 2 rings (SSSR count). The summed E-state index contributed by atoms with van der Waals surface area (Å²) in [5.41, 5.74) is 0. The van der Waals surface area contributed by atoms with Crippen molar-refractivity contribution in [3.05, 3.63) is 16.3 Å². The molecule has 0 aromatic carbocycles. The van der Waals surface area contributed by atoms with Crippen molar-refractivity contribution in [3.63, 3.8) is 0 Å². The summed E-state index contributed by atoms with van der Waals surface area (Å²) in [4.78, 5) is 10.8. The lowest BCUT2D eigenvalue weighted by Gasteiger charge is -2.28. The summed E-state index contributed by atoms with van der Waals surface area (Å²) in [6, 6.07) is 0.989. The normalized spacial score (nSPS) is 18.9. The molecule has 1 saturated heterocycles. The van der Waals surface area contributed by atoms with Crippen LogP contribution in [0, 0.1) is 5.92 Å². The van der Waals surface area contributed by atoms with Crippen molar-refractivity contribution in [2.75, 3.05) is 13.2 Å².